The molecule has 2 aliphatic rings. The van der Waals surface area contributed by atoms with Crippen LogP contribution < -0.4 is 5.73 Å². The zero-order chi connectivity index (χ0) is 22.1. The van der Waals surface area contributed by atoms with Crippen molar-refractivity contribution in [2.75, 3.05) is 19.6 Å². The van der Waals surface area contributed by atoms with Crippen LogP contribution in [0.15, 0.2) is 84.9 Å². The van der Waals surface area contributed by atoms with Crippen LogP contribution in [0, 0.1) is 0 Å². The summed E-state index contributed by atoms with van der Waals surface area (Å²) in [4.78, 5) is 29.9. The highest BCUT2D eigenvalue weighted by atomic mass is 35.5. The Morgan fingerprint density at radius 1 is 0.939 bits per heavy atom. The summed E-state index contributed by atoms with van der Waals surface area (Å²) >= 11 is 0. The van der Waals surface area contributed by atoms with E-state index in [1.54, 1.807) is 4.90 Å². The molecule has 3 aromatic rings. The zero-order valence-electron chi connectivity index (χ0n) is 18.1. The maximum Gasteiger partial charge on any atom is 0.411 e. The Morgan fingerprint density at radius 2 is 1.58 bits per heavy atom. The van der Waals surface area contributed by atoms with Crippen molar-refractivity contribution in [3.05, 3.63) is 107 Å². The number of carbonyl (C=O) groups excluding carboxylic acids is 2. The minimum Gasteiger partial charge on any atom is -0.431 e. The smallest absolute Gasteiger partial charge is 0.411 e. The number of amides is 2. The van der Waals surface area contributed by atoms with Crippen LogP contribution in [0.5, 0.6) is 0 Å². The summed E-state index contributed by atoms with van der Waals surface area (Å²) < 4.78 is 6.17. The number of hydrogen-bond donors (Lipinski definition) is 1. The molecule has 33 heavy (non-hydrogen) atoms. The molecule has 3 aromatic carbocycles. The lowest BCUT2D eigenvalue weighted by Gasteiger charge is -2.42. The van der Waals surface area contributed by atoms with E-state index in [1.165, 1.54) is 0 Å². The van der Waals surface area contributed by atoms with Gasteiger partial charge in [-0.25, -0.2) is 4.79 Å². The van der Waals surface area contributed by atoms with Gasteiger partial charge in [0.1, 0.15) is 6.04 Å². The lowest BCUT2D eigenvalue weighted by atomic mass is 9.79. The number of ether oxygens (including phenoxy) is 1. The normalized spacial score (nSPS) is 18.8. The van der Waals surface area contributed by atoms with Crippen molar-refractivity contribution in [3.8, 4) is 0 Å². The first kappa shape index (κ1) is 22.8. The monoisotopic (exact) mass is 463 g/mol. The molecule has 170 valence electrons. The quantitative estimate of drug-likeness (QED) is 0.638. The summed E-state index contributed by atoms with van der Waals surface area (Å²) in [5.41, 5.74) is 8.08. The number of halogens is 1. The van der Waals surface area contributed by atoms with E-state index in [0.717, 1.165) is 16.7 Å². The number of nitrogens with two attached hydrogens (primary N) is 1. The van der Waals surface area contributed by atoms with Gasteiger partial charge in [0.2, 0.25) is 0 Å². The van der Waals surface area contributed by atoms with E-state index in [1.807, 2.05) is 89.8 Å². The second kappa shape index (κ2) is 9.25. The van der Waals surface area contributed by atoms with Crippen LogP contribution >= 0.6 is 12.4 Å². The predicted molar refractivity (Wildman–Crippen MR) is 128 cm³/mol. The van der Waals surface area contributed by atoms with E-state index >= 15 is 0 Å². The summed E-state index contributed by atoms with van der Waals surface area (Å²) in [5.74, 6) is -0.0608. The molecule has 6 nitrogen and oxygen atoms in total. The van der Waals surface area contributed by atoms with Crippen molar-refractivity contribution in [3.63, 3.8) is 0 Å². The van der Waals surface area contributed by atoms with Gasteiger partial charge in [0.25, 0.3) is 5.91 Å². The third-order valence-corrected chi connectivity index (χ3v) is 6.43. The summed E-state index contributed by atoms with van der Waals surface area (Å²) in [6.45, 7) is 1.64. The lowest BCUT2D eigenvalue weighted by Crippen LogP contribution is -2.58. The third kappa shape index (κ3) is 3.86. The maximum atomic E-state index is 13.4. The molecule has 0 radical (unpaired) electrons. The number of benzene rings is 3. The highest BCUT2D eigenvalue weighted by Crippen LogP contribution is 2.45. The summed E-state index contributed by atoms with van der Waals surface area (Å²) in [7, 11) is 0. The number of cyclic esters (lactones) is 1. The Bertz CT molecular complexity index is 1100. The summed E-state index contributed by atoms with van der Waals surface area (Å²) in [5, 5.41) is 0. The van der Waals surface area contributed by atoms with Crippen molar-refractivity contribution >= 4 is 24.4 Å². The van der Waals surface area contributed by atoms with E-state index in [-0.39, 0.29) is 30.4 Å². The fraction of sp³-hybridized carbons (Fsp3) is 0.231. The van der Waals surface area contributed by atoms with Crippen molar-refractivity contribution in [1.82, 2.24) is 9.80 Å². The molecule has 0 aliphatic carbocycles. The van der Waals surface area contributed by atoms with Crippen LogP contribution in [0.3, 0.4) is 0 Å². The van der Waals surface area contributed by atoms with Crippen LogP contribution in [-0.4, -0.2) is 47.5 Å². The Labute approximate surface area is 199 Å². The topological polar surface area (TPSA) is 75.9 Å². The minimum absolute atomic E-state index is 0. The molecule has 2 amide bonds. The first-order valence-electron chi connectivity index (χ1n) is 10.8. The van der Waals surface area contributed by atoms with E-state index in [2.05, 4.69) is 0 Å². The summed E-state index contributed by atoms with van der Waals surface area (Å²) in [6.07, 6.45) is -0.347. The van der Waals surface area contributed by atoms with Gasteiger partial charge in [-0.1, -0.05) is 72.8 Å². The maximum absolute atomic E-state index is 13.4. The highest BCUT2D eigenvalue weighted by molar-refractivity contribution is 5.94. The lowest BCUT2D eigenvalue weighted by molar-refractivity contribution is 0.0372. The molecule has 5 rings (SSSR count). The first-order chi connectivity index (χ1) is 15.6. The molecule has 1 unspecified atom stereocenters. The number of carbonyl (C=O) groups is 2. The SMILES string of the molecule is Cl.NCc1cccc(C(=O)N2CCN3C(=O)OC(c4ccccc4)(c4ccccc4)C3C2)c1. The summed E-state index contributed by atoms with van der Waals surface area (Å²) in [6, 6.07) is 26.7. The molecule has 2 N–H and O–H groups in total. The number of piperazine rings is 1. The van der Waals surface area contributed by atoms with Gasteiger partial charge in [-0.2, -0.15) is 0 Å². The zero-order valence-corrected chi connectivity index (χ0v) is 18.9. The molecule has 2 fully saturated rings. The fourth-order valence-electron chi connectivity index (χ4n) is 4.85. The minimum atomic E-state index is -0.988. The van der Waals surface area contributed by atoms with Gasteiger partial charge < -0.3 is 15.4 Å². The van der Waals surface area contributed by atoms with Gasteiger partial charge in [-0.15, -0.1) is 12.4 Å². The molecule has 2 heterocycles. The van der Waals surface area contributed by atoms with Crippen molar-refractivity contribution < 1.29 is 14.3 Å². The van der Waals surface area contributed by atoms with Crippen molar-refractivity contribution in [2.45, 2.75) is 18.2 Å². The fourth-order valence-corrected chi connectivity index (χ4v) is 4.85. The second-order valence-corrected chi connectivity index (χ2v) is 8.20. The Balaban J connectivity index is 0.00000259. The van der Waals surface area contributed by atoms with Crippen molar-refractivity contribution in [2.24, 2.45) is 5.73 Å². The van der Waals surface area contributed by atoms with Gasteiger partial charge in [0.15, 0.2) is 5.60 Å². The van der Waals surface area contributed by atoms with Crippen LogP contribution in [0.2, 0.25) is 0 Å². The molecule has 2 aliphatic heterocycles. The highest BCUT2D eigenvalue weighted by Gasteiger charge is 2.58. The Morgan fingerprint density at radius 3 is 2.18 bits per heavy atom. The number of hydrogen-bond acceptors (Lipinski definition) is 4. The number of nitrogens with zero attached hydrogens (tertiary/aromatic N) is 2. The van der Waals surface area contributed by atoms with Crippen LogP contribution in [0.25, 0.3) is 0 Å². The van der Waals surface area contributed by atoms with Crippen molar-refractivity contribution in [1.29, 1.82) is 0 Å². The molecule has 1 atom stereocenters. The van der Waals surface area contributed by atoms with Gasteiger partial charge >= 0.3 is 6.09 Å². The van der Waals surface area contributed by atoms with Crippen LogP contribution in [-0.2, 0) is 16.9 Å². The Kier molecular flexibility index (Phi) is 6.40. The van der Waals surface area contributed by atoms with Crippen LogP contribution in [0.1, 0.15) is 27.0 Å². The number of fused-ring (bicyclic) bond motifs is 1. The molecule has 0 aromatic heterocycles. The van der Waals surface area contributed by atoms with Gasteiger partial charge in [0, 0.05) is 42.9 Å². The number of rotatable bonds is 4. The third-order valence-electron chi connectivity index (χ3n) is 6.43. The second-order valence-electron chi connectivity index (χ2n) is 8.20. The molecule has 7 heteroatoms. The molecule has 0 saturated carbocycles. The van der Waals surface area contributed by atoms with E-state index in [9.17, 15) is 9.59 Å². The largest absolute Gasteiger partial charge is 0.431 e. The first-order valence-corrected chi connectivity index (χ1v) is 10.8. The average molecular weight is 464 g/mol. The van der Waals surface area contributed by atoms with Gasteiger partial charge in [-0.3, -0.25) is 9.69 Å². The van der Waals surface area contributed by atoms with E-state index in [4.69, 9.17) is 10.5 Å². The van der Waals surface area contributed by atoms with Gasteiger partial charge in [-0.05, 0) is 17.7 Å². The molecular formula is C26H26ClN3O3. The molecule has 0 spiro atoms. The molecule has 0 bridgehead atoms. The van der Waals surface area contributed by atoms with E-state index in [0.29, 0.717) is 31.7 Å². The molecule has 2 saturated heterocycles. The van der Waals surface area contributed by atoms with E-state index < -0.39 is 5.60 Å². The van der Waals surface area contributed by atoms with Crippen LogP contribution in [0.4, 0.5) is 4.79 Å². The predicted octanol–water partition coefficient (Wildman–Crippen LogP) is 3.79. The molecular weight excluding hydrogens is 438 g/mol. The Hall–Kier alpha value is -3.35. The standard InChI is InChI=1S/C26H25N3O3.ClH/c27-17-19-8-7-9-20(16-19)24(30)28-14-15-29-23(18-28)26(32-25(29)31,21-10-3-1-4-11-21)22-12-5-2-6-13-22;/h1-13,16,23H,14-15,17-18,27H2;1H. The van der Waals surface area contributed by atoms with Gasteiger partial charge in [0.05, 0.1) is 0 Å². The average Bonchev–Trinajstić information content (AvgIpc) is 3.17.